The summed E-state index contributed by atoms with van der Waals surface area (Å²) in [6.07, 6.45) is 1.47. The molecule has 1 atom stereocenters. The van der Waals surface area contributed by atoms with Crippen molar-refractivity contribution in [3.8, 4) is 0 Å². The lowest BCUT2D eigenvalue weighted by molar-refractivity contribution is -0.159. The van der Waals surface area contributed by atoms with Crippen LogP contribution in [0.15, 0.2) is 0 Å². The number of nitrogens with zero attached hydrogens (tertiary/aromatic N) is 1. The van der Waals surface area contributed by atoms with Crippen LogP contribution in [0.3, 0.4) is 0 Å². The highest BCUT2D eigenvalue weighted by Gasteiger charge is 2.41. The van der Waals surface area contributed by atoms with E-state index in [1.165, 1.54) is 0 Å². The average molecular weight is 275 g/mol. The maximum absolute atomic E-state index is 11.6. The van der Waals surface area contributed by atoms with Gasteiger partial charge in [0.05, 0.1) is 19.8 Å². The smallest absolute Gasteiger partial charge is 0.313 e. The molecule has 0 saturated carbocycles. The predicted molar refractivity (Wildman–Crippen MR) is 70.3 cm³/mol. The number of hydrogen-bond acceptors (Lipinski definition) is 5. The van der Waals surface area contributed by atoms with Gasteiger partial charge >= 0.3 is 5.97 Å². The molecule has 1 fully saturated rings. The maximum Gasteiger partial charge on any atom is 0.313 e. The zero-order chi connectivity index (χ0) is 14.1. The number of ether oxygens (including phenoxy) is 3. The molecule has 1 N–H and O–H groups in total. The Morgan fingerprint density at radius 1 is 1.32 bits per heavy atom. The third kappa shape index (κ3) is 5.06. The summed E-state index contributed by atoms with van der Waals surface area (Å²) in [5.74, 6) is -0.771. The lowest BCUT2D eigenvalue weighted by atomic mass is 9.82. The molecule has 1 saturated heterocycles. The summed E-state index contributed by atoms with van der Waals surface area (Å²) in [4.78, 5) is 13.7. The molecule has 0 spiro atoms. The molecule has 0 aromatic heterocycles. The second-order valence-electron chi connectivity index (χ2n) is 5.00. The van der Waals surface area contributed by atoms with Gasteiger partial charge in [0, 0.05) is 40.5 Å². The number of hydrogen-bond donors (Lipinski definition) is 1. The number of carboxylic acids is 1. The molecule has 0 bridgehead atoms. The molecule has 1 aliphatic rings. The molecule has 1 aliphatic heterocycles. The second kappa shape index (κ2) is 8.47. The molecule has 0 aromatic carbocycles. The van der Waals surface area contributed by atoms with Crippen LogP contribution in [0.5, 0.6) is 0 Å². The molecule has 0 aliphatic carbocycles. The van der Waals surface area contributed by atoms with Gasteiger partial charge in [0.2, 0.25) is 0 Å². The van der Waals surface area contributed by atoms with Gasteiger partial charge in [0.15, 0.2) is 0 Å². The standard InChI is InChI=1S/C13H25NO5/c1-17-8-5-14(6-9-18-2)10-13(12(15)16)4-3-7-19-11-13/h3-11H2,1-2H3,(H,15,16). The maximum atomic E-state index is 11.6. The van der Waals surface area contributed by atoms with E-state index in [1.807, 2.05) is 0 Å². The normalized spacial score (nSPS) is 23.7. The number of methoxy groups -OCH3 is 2. The van der Waals surface area contributed by atoms with Gasteiger partial charge in [0.1, 0.15) is 5.41 Å². The Balaban J connectivity index is 2.63. The number of rotatable bonds is 9. The molecule has 6 heteroatoms. The lowest BCUT2D eigenvalue weighted by Gasteiger charge is -2.37. The van der Waals surface area contributed by atoms with Crippen LogP contribution in [0.1, 0.15) is 12.8 Å². The molecule has 112 valence electrons. The molecular weight excluding hydrogens is 250 g/mol. The molecule has 0 aromatic rings. The third-order valence-corrected chi connectivity index (χ3v) is 3.53. The highest BCUT2D eigenvalue weighted by atomic mass is 16.5. The first-order chi connectivity index (χ1) is 9.14. The minimum Gasteiger partial charge on any atom is -0.481 e. The summed E-state index contributed by atoms with van der Waals surface area (Å²) >= 11 is 0. The molecule has 0 amide bonds. The van der Waals surface area contributed by atoms with E-state index >= 15 is 0 Å². The van der Waals surface area contributed by atoms with E-state index < -0.39 is 11.4 Å². The van der Waals surface area contributed by atoms with E-state index in [1.54, 1.807) is 14.2 Å². The van der Waals surface area contributed by atoms with Crippen LogP contribution < -0.4 is 0 Å². The van der Waals surface area contributed by atoms with Crippen molar-refractivity contribution in [3.63, 3.8) is 0 Å². The lowest BCUT2D eigenvalue weighted by Crippen LogP contribution is -2.49. The Hall–Kier alpha value is -0.690. The molecular formula is C13H25NO5. The van der Waals surface area contributed by atoms with Crippen molar-refractivity contribution in [2.45, 2.75) is 12.8 Å². The number of carboxylic acid groups (broad SMARTS) is 1. The van der Waals surface area contributed by atoms with E-state index in [0.717, 1.165) is 6.42 Å². The van der Waals surface area contributed by atoms with Gasteiger partial charge in [-0.05, 0) is 12.8 Å². The van der Waals surface area contributed by atoms with Crippen molar-refractivity contribution >= 4 is 5.97 Å². The SMILES string of the molecule is COCCN(CCOC)CC1(C(=O)O)CCCOC1. The Morgan fingerprint density at radius 2 is 1.95 bits per heavy atom. The van der Waals surface area contributed by atoms with Crippen LogP contribution in [0.4, 0.5) is 0 Å². The third-order valence-electron chi connectivity index (χ3n) is 3.53. The molecule has 1 unspecified atom stereocenters. The van der Waals surface area contributed by atoms with Gasteiger partial charge in [-0.2, -0.15) is 0 Å². The Morgan fingerprint density at radius 3 is 2.37 bits per heavy atom. The van der Waals surface area contributed by atoms with Gasteiger partial charge in [-0.25, -0.2) is 0 Å². The van der Waals surface area contributed by atoms with Crippen LogP contribution in [0.25, 0.3) is 0 Å². The van der Waals surface area contributed by atoms with Gasteiger partial charge in [-0.1, -0.05) is 0 Å². The molecule has 0 radical (unpaired) electrons. The van der Waals surface area contributed by atoms with E-state index in [4.69, 9.17) is 14.2 Å². The largest absolute Gasteiger partial charge is 0.481 e. The summed E-state index contributed by atoms with van der Waals surface area (Å²) in [7, 11) is 3.29. The van der Waals surface area contributed by atoms with E-state index in [-0.39, 0.29) is 0 Å². The minimum absolute atomic E-state index is 0.290. The van der Waals surface area contributed by atoms with E-state index in [2.05, 4.69) is 4.90 Å². The van der Waals surface area contributed by atoms with Crippen LogP contribution >= 0.6 is 0 Å². The fourth-order valence-corrected chi connectivity index (χ4v) is 2.35. The zero-order valence-corrected chi connectivity index (χ0v) is 11.9. The minimum atomic E-state index is -0.792. The molecule has 6 nitrogen and oxygen atoms in total. The van der Waals surface area contributed by atoms with Crippen molar-refractivity contribution in [1.82, 2.24) is 4.90 Å². The summed E-state index contributed by atoms with van der Waals surface area (Å²) in [5, 5.41) is 9.52. The van der Waals surface area contributed by atoms with Crippen LogP contribution in [0.2, 0.25) is 0 Å². The van der Waals surface area contributed by atoms with Gasteiger partial charge in [0.25, 0.3) is 0 Å². The molecule has 1 heterocycles. The topological polar surface area (TPSA) is 68.2 Å². The van der Waals surface area contributed by atoms with Gasteiger partial charge in [-0.3, -0.25) is 9.69 Å². The number of carbonyl (C=O) groups is 1. The number of aliphatic carboxylic acids is 1. The molecule has 1 rings (SSSR count). The fourth-order valence-electron chi connectivity index (χ4n) is 2.35. The summed E-state index contributed by atoms with van der Waals surface area (Å²) in [6, 6.07) is 0. The van der Waals surface area contributed by atoms with Crippen molar-refractivity contribution in [2.24, 2.45) is 5.41 Å². The van der Waals surface area contributed by atoms with Crippen molar-refractivity contribution in [3.05, 3.63) is 0 Å². The molecule has 19 heavy (non-hydrogen) atoms. The van der Waals surface area contributed by atoms with E-state index in [0.29, 0.717) is 52.5 Å². The van der Waals surface area contributed by atoms with Crippen LogP contribution in [-0.4, -0.2) is 76.3 Å². The van der Waals surface area contributed by atoms with Crippen molar-refractivity contribution < 1.29 is 24.1 Å². The van der Waals surface area contributed by atoms with Crippen LogP contribution in [0, 0.1) is 5.41 Å². The zero-order valence-electron chi connectivity index (χ0n) is 11.9. The van der Waals surface area contributed by atoms with Crippen molar-refractivity contribution in [2.75, 3.05) is 60.3 Å². The summed E-state index contributed by atoms with van der Waals surface area (Å²) < 4.78 is 15.5. The summed E-state index contributed by atoms with van der Waals surface area (Å²) in [6.45, 7) is 4.00. The van der Waals surface area contributed by atoms with E-state index in [9.17, 15) is 9.90 Å². The fraction of sp³-hybridized carbons (Fsp3) is 0.923. The highest BCUT2D eigenvalue weighted by molar-refractivity contribution is 5.75. The first kappa shape index (κ1) is 16.4. The Labute approximate surface area is 114 Å². The first-order valence-electron chi connectivity index (χ1n) is 6.66. The highest BCUT2D eigenvalue weighted by Crippen LogP contribution is 2.30. The quantitative estimate of drug-likeness (QED) is 0.659. The van der Waals surface area contributed by atoms with Crippen LogP contribution in [-0.2, 0) is 19.0 Å². The first-order valence-corrected chi connectivity index (χ1v) is 6.66. The Bertz CT molecular complexity index is 258. The second-order valence-corrected chi connectivity index (χ2v) is 5.00. The van der Waals surface area contributed by atoms with Gasteiger partial charge in [-0.15, -0.1) is 0 Å². The predicted octanol–water partition coefficient (Wildman–Crippen LogP) is 0.463. The monoisotopic (exact) mass is 275 g/mol. The average Bonchev–Trinajstić information content (AvgIpc) is 2.42. The summed E-state index contributed by atoms with van der Waals surface area (Å²) in [5.41, 5.74) is -0.792. The van der Waals surface area contributed by atoms with Gasteiger partial charge < -0.3 is 19.3 Å². The Kier molecular flexibility index (Phi) is 7.30. The van der Waals surface area contributed by atoms with Crippen molar-refractivity contribution in [1.29, 1.82) is 0 Å².